The summed E-state index contributed by atoms with van der Waals surface area (Å²) >= 11 is 6.65. The number of anilines is 3. The van der Waals surface area contributed by atoms with Gasteiger partial charge in [0.2, 0.25) is 11.8 Å². The number of rotatable bonds is 23. The highest BCUT2D eigenvalue weighted by Gasteiger charge is 2.37. The molecule has 0 unspecified atom stereocenters. The van der Waals surface area contributed by atoms with Gasteiger partial charge in [0.15, 0.2) is 5.78 Å². The molecule has 2 aromatic heterocycles. The Morgan fingerprint density at radius 1 is 0.843 bits per heavy atom. The van der Waals surface area contributed by atoms with Crippen molar-refractivity contribution in [1.29, 1.82) is 0 Å². The summed E-state index contributed by atoms with van der Waals surface area (Å²) in [5, 5.41) is 19.2. The molecule has 3 atom stereocenters. The van der Waals surface area contributed by atoms with Crippen LogP contribution >= 0.6 is 11.6 Å². The number of pyridine rings is 1. The van der Waals surface area contributed by atoms with Crippen molar-refractivity contribution in [2.45, 2.75) is 59.6 Å². The molecule has 22 nitrogen and oxygen atoms in total. The highest BCUT2D eigenvalue weighted by Crippen LogP contribution is 2.47. The minimum Gasteiger partial charge on any atom is -0.508 e. The van der Waals surface area contributed by atoms with Gasteiger partial charge in [-0.1, -0.05) is 51.1 Å². The van der Waals surface area contributed by atoms with Crippen LogP contribution in [-0.4, -0.2) is 148 Å². The number of hydrogen-bond donors (Lipinski definition) is 4. The van der Waals surface area contributed by atoms with E-state index in [0.717, 1.165) is 21.4 Å². The molecule has 0 spiro atoms. The molecule has 4 aromatic carbocycles. The fourth-order valence-electron chi connectivity index (χ4n) is 9.67. The maximum atomic E-state index is 14.6. The van der Waals surface area contributed by atoms with Crippen LogP contribution in [0.25, 0.3) is 16.4 Å². The van der Waals surface area contributed by atoms with Gasteiger partial charge in [0.05, 0.1) is 37.2 Å². The number of imidazole rings is 1. The Bertz CT molecular complexity index is 3490. The Kier molecular flexibility index (Phi) is 19.2. The Morgan fingerprint density at radius 3 is 2.24 bits per heavy atom. The molecule has 0 fully saturated rings. The number of phenols is 1. The van der Waals surface area contributed by atoms with E-state index >= 15 is 0 Å². The van der Waals surface area contributed by atoms with Crippen molar-refractivity contribution >= 4 is 98.5 Å². The molecule has 83 heavy (non-hydrogen) atoms. The first-order valence-corrected chi connectivity index (χ1v) is 27.4. The van der Waals surface area contributed by atoms with Crippen molar-refractivity contribution in [2.75, 3.05) is 74.4 Å². The van der Waals surface area contributed by atoms with Crippen LogP contribution < -0.4 is 25.6 Å². The van der Waals surface area contributed by atoms with Crippen molar-refractivity contribution < 1.29 is 62.5 Å². The van der Waals surface area contributed by atoms with E-state index in [1.54, 1.807) is 71.1 Å². The zero-order chi connectivity index (χ0) is 59.6. The van der Waals surface area contributed by atoms with Gasteiger partial charge in [-0.15, -0.1) is 11.6 Å². The van der Waals surface area contributed by atoms with E-state index in [1.807, 2.05) is 39.0 Å². The summed E-state index contributed by atoms with van der Waals surface area (Å²) < 4.78 is 19.3. The molecule has 2 aliphatic heterocycles. The number of likely N-dealkylation sites (N-methyl/N-ethyl adjacent to an activating group) is 1. The fourth-order valence-corrected chi connectivity index (χ4v) is 9.93. The lowest BCUT2D eigenvalue weighted by molar-refractivity contribution is -0.137. The molecule has 4 N–H and O–H groups in total. The number of nitrogens with one attached hydrogen (secondary N) is 3. The van der Waals surface area contributed by atoms with E-state index in [0.29, 0.717) is 39.2 Å². The Balaban J connectivity index is 0.947. The van der Waals surface area contributed by atoms with Gasteiger partial charge in [0, 0.05) is 112 Å². The summed E-state index contributed by atoms with van der Waals surface area (Å²) in [6.45, 7) is 8.33. The van der Waals surface area contributed by atoms with Crippen LogP contribution in [0.2, 0.25) is 0 Å². The van der Waals surface area contributed by atoms with E-state index in [9.17, 15) is 48.3 Å². The predicted octanol–water partition coefficient (Wildman–Crippen LogP) is 7.44. The number of alkyl halides is 1. The van der Waals surface area contributed by atoms with Gasteiger partial charge in [-0.05, 0) is 83.4 Å². The zero-order valence-corrected chi connectivity index (χ0v) is 47.4. The first-order valence-electron chi connectivity index (χ1n) is 26.9. The highest BCUT2D eigenvalue weighted by atomic mass is 35.5. The monoisotopic (exact) mass is 1150 g/mol. The second-order valence-electron chi connectivity index (χ2n) is 20.7. The predicted molar refractivity (Wildman–Crippen MR) is 308 cm³/mol. The molecule has 8 amide bonds. The molecule has 0 radical (unpaired) electrons. The molecule has 4 heterocycles. The minimum atomic E-state index is -0.816. The molecular weight excluding hydrogens is 1090 g/mol. The van der Waals surface area contributed by atoms with Crippen molar-refractivity contribution in [3.05, 3.63) is 137 Å². The molecule has 0 saturated carbocycles. The van der Waals surface area contributed by atoms with E-state index in [2.05, 4.69) is 20.9 Å². The lowest BCUT2D eigenvalue weighted by Gasteiger charge is -2.26. The van der Waals surface area contributed by atoms with Crippen molar-refractivity contribution in [3.63, 3.8) is 0 Å². The molecule has 6 aromatic rings. The summed E-state index contributed by atoms with van der Waals surface area (Å²) in [5.41, 5.74) is 4.44. The summed E-state index contributed by atoms with van der Waals surface area (Å²) in [7, 11) is 1.50. The SMILES string of the molecule is CC(=O)N[C@H](C(=O)C[C@@H](C)C(=O)Nc1ccc(COC(=O)N(C)CCN(CCOCCN2C(=O)C=CC2=O)C(=O)Oc2cc3c(c4c(C)cccc24)[C@H](CCl)CN3C(=O)c2cn3cc(NC(=O)c4ccc(O)cc4)ccc3n2)cc1)C(C)C. The molecule has 0 saturated heterocycles. The van der Waals surface area contributed by atoms with Crippen LogP contribution in [0.5, 0.6) is 11.5 Å². The van der Waals surface area contributed by atoms with Crippen LogP contribution in [0.15, 0.2) is 109 Å². The third-order valence-electron chi connectivity index (χ3n) is 14.2. The number of benzene rings is 4. The second-order valence-corrected chi connectivity index (χ2v) is 21.0. The number of halogens is 1. The van der Waals surface area contributed by atoms with Crippen LogP contribution in [0, 0.1) is 18.8 Å². The molecule has 23 heteroatoms. The minimum absolute atomic E-state index is 0.0151. The van der Waals surface area contributed by atoms with Crippen LogP contribution in [0.1, 0.15) is 77.6 Å². The van der Waals surface area contributed by atoms with Crippen molar-refractivity contribution in [3.8, 4) is 11.5 Å². The van der Waals surface area contributed by atoms with Gasteiger partial charge in [-0.2, -0.15) is 0 Å². The highest BCUT2D eigenvalue weighted by molar-refractivity contribution is 6.19. The number of aromatic nitrogens is 2. The number of carbonyl (C=O) groups is 9. The first kappa shape index (κ1) is 60.0. The number of nitrogens with zero attached hydrogens (tertiary/aromatic N) is 6. The molecular formula is C60H64ClN9O13. The van der Waals surface area contributed by atoms with Crippen LogP contribution in [-0.2, 0) is 40.1 Å². The molecule has 0 bridgehead atoms. The first-order chi connectivity index (χ1) is 39.7. The van der Waals surface area contributed by atoms with Crippen LogP contribution in [0.3, 0.4) is 0 Å². The zero-order valence-electron chi connectivity index (χ0n) is 46.7. The summed E-state index contributed by atoms with van der Waals surface area (Å²) in [6, 6.07) is 22.2. The third kappa shape index (κ3) is 14.5. The summed E-state index contributed by atoms with van der Waals surface area (Å²) in [6.07, 6.45) is 3.93. The van der Waals surface area contributed by atoms with E-state index in [4.69, 9.17) is 25.8 Å². The smallest absolute Gasteiger partial charge is 0.415 e. The topological polar surface area (TPSA) is 268 Å². The molecule has 8 rings (SSSR count). The van der Waals surface area contributed by atoms with E-state index in [1.165, 1.54) is 60.2 Å². The number of amides is 8. The Morgan fingerprint density at radius 2 is 1.55 bits per heavy atom. The second kappa shape index (κ2) is 26.6. The number of ether oxygens (including phenoxy) is 3. The van der Waals surface area contributed by atoms with E-state index < -0.39 is 47.8 Å². The number of fused-ring (bicyclic) bond motifs is 4. The lowest BCUT2D eigenvalue weighted by Crippen LogP contribution is -2.44. The van der Waals surface area contributed by atoms with Gasteiger partial charge in [-0.25, -0.2) is 14.6 Å². The maximum Gasteiger partial charge on any atom is 0.415 e. The van der Waals surface area contributed by atoms with Gasteiger partial charge >= 0.3 is 12.2 Å². The molecule has 434 valence electrons. The average molecular weight is 1150 g/mol. The van der Waals surface area contributed by atoms with Gasteiger partial charge in [-0.3, -0.25) is 38.5 Å². The van der Waals surface area contributed by atoms with Crippen molar-refractivity contribution in [2.24, 2.45) is 11.8 Å². The summed E-state index contributed by atoms with van der Waals surface area (Å²) in [5.74, 6) is -3.58. The number of aromatic hydroxyl groups is 1. The maximum absolute atomic E-state index is 14.6. The molecule has 2 aliphatic rings. The fraction of sp³-hybridized carbons (Fsp3) is 0.333. The number of carbonyl (C=O) groups excluding carboxylic acids is 9. The average Bonchev–Trinajstić information content (AvgIpc) is 4.30. The van der Waals surface area contributed by atoms with E-state index in [-0.39, 0.29) is 111 Å². The number of Topliss-reactive ketones (excluding diaryl/α,β-unsaturated/α-hetero) is 1. The largest absolute Gasteiger partial charge is 0.508 e. The number of hydrogen-bond acceptors (Lipinski definition) is 14. The quantitative estimate of drug-likeness (QED) is 0.0276. The Labute approximate surface area is 483 Å². The standard InChI is InChI=1S/C60H64ClN9O13/c1-35(2)55(62-38(5)71)48(73)28-37(4)56(76)63-42-14-10-39(11-15-42)34-82-59(79)66(6)22-23-67(24-26-81-27-25-69-51(74)20-21-52(69)75)60(80)83-49-29-47-54(53-36(3)8-7-9-45(49)53)41(30-61)31-70(47)58(78)46-33-68-32-43(16-19-50(68)65-46)64-57(77)40-12-17-44(72)18-13-40/h7-21,29,32-33,35,37,41,55,72H,22-28,30-31,34H2,1-6H3,(H,62,71)(H,63,76)(H,64,77)/t37-,41-,55+/m1/s1. The van der Waals surface area contributed by atoms with Gasteiger partial charge in [0.1, 0.15) is 29.4 Å². The summed E-state index contributed by atoms with van der Waals surface area (Å²) in [4.78, 5) is 127. The third-order valence-corrected chi connectivity index (χ3v) is 14.6. The van der Waals surface area contributed by atoms with Crippen LogP contribution in [0.4, 0.5) is 26.7 Å². The molecule has 0 aliphatic carbocycles. The number of ketones is 1. The Hall–Kier alpha value is -9.15. The number of imide groups is 1. The van der Waals surface area contributed by atoms with Gasteiger partial charge < -0.3 is 54.4 Å². The number of aryl methyl sites for hydroxylation is 1. The number of phenolic OH excluding ortho intramolecular Hbond substituents is 1. The van der Waals surface area contributed by atoms with Crippen molar-refractivity contribution in [1.82, 2.24) is 29.4 Å². The normalized spacial score (nSPS) is 14.4. The lowest BCUT2D eigenvalue weighted by atomic mass is 9.92. The van der Waals surface area contributed by atoms with Gasteiger partial charge in [0.25, 0.3) is 23.6 Å².